The van der Waals surface area contributed by atoms with Crippen molar-refractivity contribution in [2.75, 3.05) is 19.0 Å². The lowest BCUT2D eigenvalue weighted by atomic mass is 10.1. The molecule has 118 valence electrons. The number of ether oxygens (including phenoxy) is 2. The summed E-state index contributed by atoms with van der Waals surface area (Å²) in [6.07, 6.45) is 0.770. The number of benzene rings is 1. The number of aromatic nitrogens is 2. The largest absolute Gasteiger partial charge is 0.497 e. The molecule has 22 heavy (non-hydrogen) atoms. The molecule has 1 heterocycles. The van der Waals surface area contributed by atoms with Gasteiger partial charge >= 0.3 is 0 Å². The molecule has 0 radical (unpaired) electrons. The summed E-state index contributed by atoms with van der Waals surface area (Å²) in [5, 5.41) is 3.40. The Balaban J connectivity index is 2.15. The first-order valence-electron chi connectivity index (χ1n) is 7.57. The van der Waals surface area contributed by atoms with Crippen LogP contribution in [0.25, 0.3) is 0 Å². The van der Waals surface area contributed by atoms with Crippen LogP contribution in [0.2, 0.25) is 0 Å². The lowest BCUT2D eigenvalue weighted by molar-refractivity contribution is 0.325. The second kappa shape index (κ2) is 7.64. The van der Waals surface area contributed by atoms with Crippen LogP contribution in [0.1, 0.15) is 38.2 Å². The first-order valence-corrected chi connectivity index (χ1v) is 7.57. The van der Waals surface area contributed by atoms with Crippen LogP contribution in [-0.4, -0.2) is 23.7 Å². The number of nitrogens with zero attached hydrogens (tertiary/aromatic N) is 2. The third-order valence-electron chi connectivity index (χ3n) is 3.34. The number of aryl methyl sites for hydroxylation is 1. The number of hydrogen-bond acceptors (Lipinski definition) is 5. The van der Waals surface area contributed by atoms with Crippen LogP contribution >= 0.6 is 0 Å². The highest BCUT2D eigenvalue weighted by Gasteiger charge is 2.09. The summed E-state index contributed by atoms with van der Waals surface area (Å²) < 4.78 is 10.7. The summed E-state index contributed by atoms with van der Waals surface area (Å²) in [6.45, 7) is 6.66. The van der Waals surface area contributed by atoms with E-state index in [1.165, 1.54) is 0 Å². The van der Waals surface area contributed by atoms with Crippen molar-refractivity contribution in [2.24, 2.45) is 0 Å². The van der Waals surface area contributed by atoms with E-state index < -0.39 is 0 Å². The zero-order valence-corrected chi connectivity index (χ0v) is 13.6. The highest BCUT2D eigenvalue weighted by molar-refractivity contribution is 5.42. The lowest BCUT2D eigenvalue weighted by Crippen LogP contribution is -2.10. The van der Waals surface area contributed by atoms with Gasteiger partial charge in [0.15, 0.2) is 0 Å². The zero-order valence-electron chi connectivity index (χ0n) is 13.6. The SMILES string of the molecule is CCOc1cc(NC(C)c2ccc(OC)cc2)nc(CC)n1. The van der Waals surface area contributed by atoms with E-state index in [0.29, 0.717) is 12.5 Å². The molecule has 2 rings (SSSR count). The standard InChI is InChI=1S/C17H23N3O2/c1-5-15-19-16(11-17(20-15)22-6-2)18-12(3)13-7-9-14(21-4)10-8-13/h7-12H,5-6H2,1-4H3,(H,18,19,20). The Labute approximate surface area is 131 Å². The highest BCUT2D eigenvalue weighted by Crippen LogP contribution is 2.22. The van der Waals surface area contributed by atoms with Gasteiger partial charge in [0.2, 0.25) is 5.88 Å². The van der Waals surface area contributed by atoms with Gasteiger partial charge in [-0.05, 0) is 31.5 Å². The molecular formula is C17H23N3O2. The van der Waals surface area contributed by atoms with E-state index in [1.54, 1.807) is 7.11 Å². The monoisotopic (exact) mass is 301 g/mol. The van der Waals surface area contributed by atoms with Crippen LogP contribution in [0.4, 0.5) is 5.82 Å². The minimum atomic E-state index is 0.125. The number of methoxy groups -OCH3 is 1. The lowest BCUT2D eigenvalue weighted by Gasteiger charge is -2.16. The predicted molar refractivity (Wildman–Crippen MR) is 87.6 cm³/mol. The highest BCUT2D eigenvalue weighted by atomic mass is 16.5. The van der Waals surface area contributed by atoms with E-state index in [2.05, 4.69) is 22.2 Å². The Morgan fingerprint density at radius 2 is 1.86 bits per heavy atom. The second-order valence-corrected chi connectivity index (χ2v) is 4.93. The van der Waals surface area contributed by atoms with Gasteiger partial charge in [0, 0.05) is 18.5 Å². The van der Waals surface area contributed by atoms with Crippen LogP contribution in [-0.2, 0) is 6.42 Å². The molecule has 0 bridgehead atoms. The van der Waals surface area contributed by atoms with Crippen molar-refractivity contribution in [2.45, 2.75) is 33.2 Å². The summed E-state index contributed by atoms with van der Waals surface area (Å²) in [7, 11) is 1.67. The van der Waals surface area contributed by atoms with E-state index in [0.717, 1.165) is 29.4 Å². The fraction of sp³-hybridized carbons (Fsp3) is 0.412. The molecule has 0 spiro atoms. The molecule has 1 aromatic heterocycles. The fourth-order valence-corrected chi connectivity index (χ4v) is 2.12. The maximum Gasteiger partial charge on any atom is 0.218 e. The van der Waals surface area contributed by atoms with Crippen molar-refractivity contribution in [1.82, 2.24) is 9.97 Å². The van der Waals surface area contributed by atoms with Crippen molar-refractivity contribution < 1.29 is 9.47 Å². The molecule has 1 aromatic carbocycles. The third kappa shape index (κ3) is 4.10. The molecule has 1 unspecified atom stereocenters. The molecular weight excluding hydrogens is 278 g/mol. The summed E-state index contributed by atoms with van der Waals surface area (Å²) in [5.74, 6) is 3.01. The van der Waals surface area contributed by atoms with Gasteiger partial charge in [0.25, 0.3) is 0 Å². The number of nitrogens with one attached hydrogen (secondary N) is 1. The molecule has 1 N–H and O–H groups in total. The van der Waals surface area contributed by atoms with E-state index in [9.17, 15) is 0 Å². The van der Waals surface area contributed by atoms with E-state index in [4.69, 9.17) is 9.47 Å². The molecule has 0 aliphatic carbocycles. The summed E-state index contributed by atoms with van der Waals surface area (Å²) in [5.41, 5.74) is 1.16. The van der Waals surface area contributed by atoms with Crippen LogP contribution in [0.5, 0.6) is 11.6 Å². The number of rotatable bonds is 7. The summed E-state index contributed by atoms with van der Waals surface area (Å²) in [4.78, 5) is 8.86. The number of hydrogen-bond donors (Lipinski definition) is 1. The van der Waals surface area contributed by atoms with Crippen molar-refractivity contribution in [3.63, 3.8) is 0 Å². The van der Waals surface area contributed by atoms with Crippen molar-refractivity contribution in [3.8, 4) is 11.6 Å². The average molecular weight is 301 g/mol. The van der Waals surface area contributed by atoms with E-state index >= 15 is 0 Å². The molecule has 0 aliphatic rings. The molecule has 0 saturated carbocycles. The smallest absolute Gasteiger partial charge is 0.218 e. The molecule has 5 nitrogen and oxygen atoms in total. The van der Waals surface area contributed by atoms with Crippen LogP contribution in [0.3, 0.4) is 0 Å². The second-order valence-electron chi connectivity index (χ2n) is 4.93. The van der Waals surface area contributed by atoms with Crippen molar-refractivity contribution >= 4 is 5.82 Å². The Kier molecular flexibility index (Phi) is 5.58. The molecule has 0 saturated heterocycles. The minimum Gasteiger partial charge on any atom is -0.497 e. The Bertz CT molecular complexity index is 599. The van der Waals surface area contributed by atoms with Crippen LogP contribution in [0.15, 0.2) is 30.3 Å². The van der Waals surface area contributed by atoms with Gasteiger partial charge in [0.05, 0.1) is 13.7 Å². The average Bonchev–Trinajstić information content (AvgIpc) is 2.55. The van der Waals surface area contributed by atoms with Crippen LogP contribution in [0, 0.1) is 0 Å². The van der Waals surface area contributed by atoms with E-state index in [-0.39, 0.29) is 6.04 Å². The Hall–Kier alpha value is -2.30. The molecule has 0 aliphatic heterocycles. The molecule has 5 heteroatoms. The predicted octanol–water partition coefficient (Wildman–Crippen LogP) is 3.62. The summed E-state index contributed by atoms with van der Waals surface area (Å²) in [6, 6.07) is 9.96. The zero-order chi connectivity index (χ0) is 15.9. The topological polar surface area (TPSA) is 56.3 Å². The Morgan fingerprint density at radius 3 is 2.45 bits per heavy atom. The quantitative estimate of drug-likeness (QED) is 0.846. The first kappa shape index (κ1) is 16.1. The van der Waals surface area contributed by atoms with Gasteiger partial charge < -0.3 is 14.8 Å². The maximum atomic E-state index is 5.50. The maximum absolute atomic E-state index is 5.50. The van der Waals surface area contributed by atoms with Crippen molar-refractivity contribution in [3.05, 3.63) is 41.7 Å². The van der Waals surface area contributed by atoms with Crippen LogP contribution < -0.4 is 14.8 Å². The van der Waals surface area contributed by atoms with Gasteiger partial charge in [-0.1, -0.05) is 19.1 Å². The van der Waals surface area contributed by atoms with Gasteiger partial charge in [0.1, 0.15) is 17.4 Å². The fourth-order valence-electron chi connectivity index (χ4n) is 2.12. The van der Waals surface area contributed by atoms with Gasteiger partial charge in [-0.25, -0.2) is 4.98 Å². The third-order valence-corrected chi connectivity index (χ3v) is 3.34. The minimum absolute atomic E-state index is 0.125. The molecule has 0 fully saturated rings. The van der Waals surface area contributed by atoms with Gasteiger partial charge in [-0.2, -0.15) is 4.98 Å². The molecule has 2 aromatic rings. The van der Waals surface area contributed by atoms with E-state index in [1.807, 2.05) is 44.2 Å². The van der Waals surface area contributed by atoms with Gasteiger partial charge in [-0.3, -0.25) is 0 Å². The van der Waals surface area contributed by atoms with Gasteiger partial charge in [-0.15, -0.1) is 0 Å². The molecule has 0 amide bonds. The normalized spacial score (nSPS) is 11.8. The number of anilines is 1. The Morgan fingerprint density at radius 1 is 1.14 bits per heavy atom. The summed E-state index contributed by atoms with van der Waals surface area (Å²) >= 11 is 0. The molecule has 1 atom stereocenters. The van der Waals surface area contributed by atoms with Crippen molar-refractivity contribution in [1.29, 1.82) is 0 Å². The first-order chi connectivity index (χ1) is 10.7.